The van der Waals surface area contributed by atoms with Gasteiger partial charge in [-0.15, -0.1) is 0 Å². The summed E-state index contributed by atoms with van der Waals surface area (Å²) in [6.45, 7) is 5.50. The van der Waals surface area contributed by atoms with Crippen LogP contribution in [-0.2, 0) is 0 Å². The van der Waals surface area contributed by atoms with Gasteiger partial charge in [-0.1, -0.05) is 29.8 Å². The molecule has 3 heteroatoms. The van der Waals surface area contributed by atoms with E-state index in [0.717, 1.165) is 12.2 Å². The van der Waals surface area contributed by atoms with E-state index in [-0.39, 0.29) is 11.9 Å². The van der Waals surface area contributed by atoms with Crippen molar-refractivity contribution < 1.29 is 4.39 Å². The van der Waals surface area contributed by atoms with Gasteiger partial charge in [0.25, 0.3) is 0 Å². The van der Waals surface area contributed by atoms with Gasteiger partial charge in [0, 0.05) is 18.8 Å². The second-order valence-corrected chi connectivity index (χ2v) is 4.93. The van der Waals surface area contributed by atoms with Crippen LogP contribution in [0.3, 0.4) is 0 Å². The number of halogens is 1. The van der Waals surface area contributed by atoms with Gasteiger partial charge >= 0.3 is 0 Å². The number of nitrogens with two attached hydrogens (primary N) is 1. The van der Waals surface area contributed by atoms with Gasteiger partial charge in [0.1, 0.15) is 5.82 Å². The first-order valence-corrected chi connectivity index (χ1v) is 6.94. The summed E-state index contributed by atoms with van der Waals surface area (Å²) in [7, 11) is 0. The van der Waals surface area contributed by atoms with Crippen LogP contribution in [0.25, 0.3) is 0 Å². The summed E-state index contributed by atoms with van der Waals surface area (Å²) in [6.07, 6.45) is 0. The zero-order chi connectivity index (χ0) is 14.5. The molecule has 1 unspecified atom stereocenters. The molecular formula is C17H21FN2. The van der Waals surface area contributed by atoms with E-state index in [1.54, 1.807) is 12.1 Å². The van der Waals surface area contributed by atoms with Crippen molar-refractivity contribution in [1.29, 1.82) is 0 Å². The molecule has 0 aromatic heterocycles. The molecule has 106 valence electrons. The summed E-state index contributed by atoms with van der Waals surface area (Å²) in [6, 6.07) is 15.1. The lowest BCUT2D eigenvalue weighted by Crippen LogP contribution is -2.33. The number of nitrogens with zero attached hydrogens (tertiary/aromatic N) is 1. The quantitative estimate of drug-likeness (QED) is 0.900. The lowest BCUT2D eigenvalue weighted by molar-refractivity contribution is 0.622. The van der Waals surface area contributed by atoms with Gasteiger partial charge in [-0.05, 0) is 43.7 Å². The molecule has 2 rings (SSSR count). The standard InChI is InChI=1S/C17H21FN2/c1-3-20(16-9-7-15(18)8-10-16)17(12-19)14-6-4-5-13(2)11-14/h4-11,17H,3,12,19H2,1-2H3. The van der Waals surface area contributed by atoms with E-state index in [9.17, 15) is 4.39 Å². The van der Waals surface area contributed by atoms with E-state index < -0.39 is 0 Å². The van der Waals surface area contributed by atoms with Crippen LogP contribution in [0.15, 0.2) is 48.5 Å². The van der Waals surface area contributed by atoms with Crippen LogP contribution in [0, 0.1) is 12.7 Å². The van der Waals surface area contributed by atoms with Crippen LogP contribution >= 0.6 is 0 Å². The average molecular weight is 272 g/mol. The maximum absolute atomic E-state index is 13.1. The fraction of sp³-hybridized carbons (Fsp3) is 0.294. The Balaban J connectivity index is 2.34. The highest BCUT2D eigenvalue weighted by molar-refractivity contribution is 5.49. The Kier molecular flexibility index (Phi) is 4.74. The predicted octanol–water partition coefficient (Wildman–Crippen LogP) is 3.66. The Morgan fingerprint density at radius 3 is 2.40 bits per heavy atom. The second-order valence-electron chi connectivity index (χ2n) is 4.93. The molecule has 0 amide bonds. The van der Waals surface area contributed by atoms with Crippen molar-refractivity contribution in [3.63, 3.8) is 0 Å². The highest BCUT2D eigenvalue weighted by Gasteiger charge is 2.18. The minimum atomic E-state index is -0.218. The van der Waals surface area contributed by atoms with Crippen molar-refractivity contribution >= 4 is 5.69 Å². The molecule has 0 bridgehead atoms. The van der Waals surface area contributed by atoms with E-state index in [4.69, 9.17) is 5.73 Å². The van der Waals surface area contributed by atoms with E-state index >= 15 is 0 Å². The number of likely N-dealkylation sites (N-methyl/N-ethyl adjacent to an activating group) is 1. The zero-order valence-corrected chi connectivity index (χ0v) is 12.0. The summed E-state index contributed by atoms with van der Waals surface area (Å²) in [5.74, 6) is -0.218. The molecule has 0 saturated heterocycles. The molecule has 0 aliphatic rings. The second kappa shape index (κ2) is 6.53. The molecule has 0 heterocycles. The molecule has 2 nitrogen and oxygen atoms in total. The molecule has 1 atom stereocenters. The predicted molar refractivity (Wildman–Crippen MR) is 82.4 cm³/mol. The Bertz CT molecular complexity index is 551. The van der Waals surface area contributed by atoms with Crippen molar-refractivity contribution in [2.75, 3.05) is 18.0 Å². The van der Waals surface area contributed by atoms with Gasteiger partial charge in [-0.3, -0.25) is 0 Å². The average Bonchev–Trinajstić information content (AvgIpc) is 2.46. The molecule has 0 spiro atoms. The molecule has 0 aliphatic heterocycles. The normalized spacial score (nSPS) is 12.2. The number of anilines is 1. The van der Waals surface area contributed by atoms with Crippen LogP contribution in [0.1, 0.15) is 24.1 Å². The maximum Gasteiger partial charge on any atom is 0.123 e. The molecule has 0 saturated carbocycles. The highest BCUT2D eigenvalue weighted by atomic mass is 19.1. The molecule has 2 N–H and O–H groups in total. The number of rotatable bonds is 5. The van der Waals surface area contributed by atoms with E-state index in [2.05, 4.69) is 36.9 Å². The molecule has 0 fully saturated rings. The number of aryl methyl sites for hydroxylation is 1. The summed E-state index contributed by atoms with van der Waals surface area (Å²) >= 11 is 0. The van der Waals surface area contributed by atoms with E-state index in [1.807, 2.05) is 6.07 Å². The molecule has 0 radical (unpaired) electrons. The highest BCUT2D eigenvalue weighted by Crippen LogP contribution is 2.27. The van der Waals surface area contributed by atoms with Gasteiger partial charge in [0.05, 0.1) is 6.04 Å². The third-order valence-electron chi connectivity index (χ3n) is 3.53. The number of hydrogen-bond donors (Lipinski definition) is 1. The molecule has 2 aromatic carbocycles. The monoisotopic (exact) mass is 272 g/mol. The first-order chi connectivity index (χ1) is 9.65. The summed E-state index contributed by atoms with van der Waals surface area (Å²) in [5, 5.41) is 0. The lowest BCUT2D eigenvalue weighted by atomic mass is 10.0. The number of benzene rings is 2. The zero-order valence-electron chi connectivity index (χ0n) is 12.0. The smallest absolute Gasteiger partial charge is 0.123 e. The van der Waals surface area contributed by atoms with Gasteiger partial charge in [-0.2, -0.15) is 0 Å². The van der Waals surface area contributed by atoms with Gasteiger partial charge in [0.15, 0.2) is 0 Å². The first kappa shape index (κ1) is 14.5. The van der Waals surface area contributed by atoms with Crippen LogP contribution in [0.5, 0.6) is 0 Å². The molecule has 20 heavy (non-hydrogen) atoms. The fourth-order valence-electron chi connectivity index (χ4n) is 2.54. The molecule has 0 aliphatic carbocycles. The summed E-state index contributed by atoms with van der Waals surface area (Å²) in [4.78, 5) is 2.20. The fourth-order valence-corrected chi connectivity index (χ4v) is 2.54. The van der Waals surface area contributed by atoms with Crippen LogP contribution in [-0.4, -0.2) is 13.1 Å². The Morgan fingerprint density at radius 1 is 1.15 bits per heavy atom. The van der Waals surface area contributed by atoms with Crippen molar-refractivity contribution in [2.24, 2.45) is 5.73 Å². The van der Waals surface area contributed by atoms with Crippen molar-refractivity contribution in [2.45, 2.75) is 19.9 Å². The van der Waals surface area contributed by atoms with Crippen LogP contribution < -0.4 is 10.6 Å². The first-order valence-electron chi connectivity index (χ1n) is 6.94. The van der Waals surface area contributed by atoms with E-state index in [0.29, 0.717) is 6.54 Å². The third-order valence-corrected chi connectivity index (χ3v) is 3.53. The van der Waals surface area contributed by atoms with Gasteiger partial charge in [-0.25, -0.2) is 4.39 Å². The largest absolute Gasteiger partial charge is 0.363 e. The van der Waals surface area contributed by atoms with Crippen LogP contribution in [0.4, 0.5) is 10.1 Å². The summed E-state index contributed by atoms with van der Waals surface area (Å²) < 4.78 is 13.1. The topological polar surface area (TPSA) is 29.3 Å². The van der Waals surface area contributed by atoms with Crippen LogP contribution in [0.2, 0.25) is 0 Å². The molecular weight excluding hydrogens is 251 g/mol. The van der Waals surface area contributed by atoms with Crippen molar-refractivity contribution in [1.82, 2.24) is 0 Å². The third kappa shape index (κ3) is 3.17. The Labute approximate surface area is 120 Å². The SMILES string of the molecule is CCN(c1ccc(F)cc1)C(CN)c1cccc(C)c1. The molecule has 2 aromatic rings. The van der Waals surface area contributed by atoms with Gasteiger partial charge in [0.2, 0.25) is 0 Å². The van der Waals surface area contributed by atoms with Crippen molar-refractivity contribution in [3.8, 4) is 0 Å². The minimum Gasteiger partial charge on any atom is -0.363 e. The van der Waals surface area contributed by atoms with Crippen molar-refractivity contribution in [3.05, 3.63) is 65.5 Å². The maximum atomic E-state index is 13.1. The Hall–Kier alpha value is -1.87. The number of hydrogen-bond acceptors (Lipinski definition) is 2. The lowest BCUT2D eigenvalue weighted by Gasteiger charge is -2.32. The van der Waals surface area contributed by atoms with Gasteiger partial charge < -0.3 is 10.6 Å². The Morgan fingerprint density at radius 2 is 1.85 bits per heavy atom. The summed E-state index contributed by atoms with van der Waals surface area (Å²) in [5.41, 5.74) is 9.39. The minimum absolute atomic E-state index is 0.102. The van der Waals surface area contributed by atoms with E-state index in [1.165, 1.54) is 23.3 Å².